The van der Waals surface area contributed by atoms with Crippen molar-refractivity contribution in [1.29, 1.82) is 0 Å². The standard InChI is InChI=1S/C28H37N3O3/c1-4-5-6-7-11-18-26(32)30(19-20-34-3)22(2)27-29-25-17-13-12-16-24(25)28(33)31(27)21-23-14-9-8-10-15-23/h8-10,12-17,22H,4-7,11,18-21H2,1-3H3. The van der Waals surface area contributed by atoms with Crippen molar-refractivity contribution in [3.05, 3.63) is 76.3 Å². The highest BCUT2D eigenvalue weighted by molar-refractivity contribution is 5.78. The van der Waals surface area contributed by atoms with Gasteiger partial charge in [0.05, 0.1) is 30.1 Å². The molecule has 1 unspecified atom stereocenters. The van der Waals surface area contributed by atoms with Crippen molar-refractivity contribution in [2.24, 2.45) is 0 Å². The van der Waals surface area contributed by atoms with Gasteiger partial charge in [0, 0.05) is 20.1 Å². The molecule has 3 rings (SSSR count). The number of unbranched alkanes of at least 4 members (excludes halogenated alkanes) is 4. The van der Waals surface area contributed by atoms with E-state index in [4.69, 9.17) is 9.72 Å². The second-order valence-corrected chi connectivity index (χ2v) is 8.78. The van der Waals surface area contributed by atoms with Crippen LogP contribution in [0.4, 0.5) is 0 Å². The third kappa shape index (κ3) is 6.54. The summed E-state index contributed by atoms with van der Waals surface area (Å²) in [6.07, 6.45) is 5.95. The molecule has 0 spiro atoms. The zero-order valence-corrected chi connectivity index (χ0v) is 20.7. The Balaban J connectivity index is 1.96. The molecular formula is C28H37N3O3. The minimum atomic E-state index is -0.362. The number of rotatable bonds is 13. The Labute approximate surface area is 202 Å². The van der Waals surface area contributed by atoms with Gasteiger partial charge in [0.15, 0.2) is 0 Å². The molecule has 1 atom stereocenters. The maximum absolute atomic E-state index is 13.5. The largest absolute Gasteiger partial charge is 0.383 e. The van der Waals surface area contributed by atoms with Crippen molar-refractivity contribution in [3.63, 3.8) is 0 Å². The van der Waals surface area contributed by atoms with Crippen LogP contribution in [-0.2, 0) is 16.1 Å². The normalized spacial score (nSPS) is 12.1. The number of nitrogens with zero attached hydrogens (tertiary/aromatic N) is 3. The molecule has 34 heavy (non-hydrogen) atoms. The lowest BCUT2D eigenvalue weighted by atomic mass is 10.1. The van der Waals surface area contributed by atoms with Gasteiger partial charge in [-0.25, -0.2) is 4.98 Å². The van der Waals surface area contributed by atoms with Crippen LogP contribution in [0, 0.1) is 0 Å². The first-order valence-electron chi connectivity index (χ1n) is 12.4. The lowest BCUT2D eigenvalue weighted by molar-refractivity contribution is -0.134. The number of aromatic nitrogens is 2. The average molecular weight is 464 g/mol. The molecule has 0 bridgehead atoms. The van der Waals surface area contributed by atoms with Gasteiger partial charge in [-0.05, 0) is 31.0 Å². The van der Waals surface area contributed by atoms with E-state index >= 15 is 0 Å². The summed E-state index contributed by atoms with van der Waals surface area (Å²) in [5.41, 5.74) is 1.58. The monoisotopic (exact) mass is 463 g/mol. The van der Waals surface area contributed by atoms with Gasteiger partial charge in [0.25, 0.3) is 5.56 Å². The van der Waals surface area contributed by atoms with E-state index in [1.54, 1.807) is 11.7 Å². The SMILES string of the molecule is CCCCCCCC(=O)N(CCOC)C(C)c1nc2ccccc2c(=O)n1Cc1ccccc1. The Bertz CT molecular complexity index is 1110. The number of amides is 1. The van der Waals surface area contributed by atoms with Crippen molar-refractivity contribution >= 4 is 16.8 Å². The highest BCUT2D eigenvalue weighted by Gasteiger charge is 2.26. The molecule has 2 aromatic carbocycles. The molecule has 1 heterocycles. The topological polar surface area (TPSA) is 64.4 Å². The van der Waals surface area contributed by atoms with Crippen molar-refractivity contribution in [2.45, 2.75) is 65.0 Å². The molecule has 1 amide bonds. The number of para-hydroxylation sites is 1. The Kier molecular flexibility index (Phi) is 9.83. The third-order valence-electron chi connectivity index (χ3n) is 6.27. The minimum Gasteiger partial charge on any atom is -0.383 e. The molecule has 182 valence electrons. The van der Waals surface area contributed by atoms with Crippen LogP contribution in [0.15, 0.2) is 59.4 Å². The van der Waals surface area contributed by atoms with E-state index < -0.39 is 0 Å². The number of carbonyl (C=O) groups is 1. The summed E-state index contributed by atoms with van der Waals surface area (Å²) < 4.78 is 7.02. The van der Waals surface area contributed by atoms with E-state index in [1.165, 1.54) is 12.8 Å². The van der Waals surface area contributed by atoms with Crippen LogP contribution in [0.3, 0.4) is 0 Å². The molecule has 3 aromatic rings. The summed E-state index contributed by atoms with van der Waals surface area (Å²) in [6, 6.07) is 16.9. The number of carbonyl (C=O) groups excluding carboxylic acids is 1. The van der Waals surface area contributed by atoms with E-state index in [1.807, 2.05) is 66.4 Å². The summed E-state index contributed by atoms with van der Waals surface area (Å²) in [5, 5.41) is 0.583. The number of benzene rings is 2. The van der Waals surface area contributed by atoms with Crippen molar-refractivity contribution in [3.8, 4) is 0 Å². The van der Waals surface area contributed by atoms with Gasteiger partial charge in [0.1, 0.15) is 5.82 Å². The maximum Gasteiger partial charge on any atom is 0.261 e. The molecule has 0 N–H and O–H groups in total. The average Bonchev–Trinajstić information content (AvgIpc) is 2.86. The molecule has 0 aliphatic heterocycles. The lowest BCUT2D eigenvalue weighted by Crippen LogP contribution is -2.39. The van der Waals surface area contributed by atoms with E-state index in [9.17, 15) is 9.59 Å². The summed E-state index contributed by atoms with van der Waals surface area (Å²) in [6.45, 7) is 5.44. The lowest BCUT2D eigenvalue weighted by Gasteiger charge is -2.30. The molecule has 6 heteroatoms. The van der Waals surface area contributed by atoms with Gasteiger partial charge in [0.2, 0.25) is 5.91 Å². The fraction of sp³-hybridized carbons (Fsp3) is 0.464. The van der Waals surface area contributed by atoms with E-state index in [2.05, 4.69) is 6.92 Å². The van der Waals surface area contributed by atoms with Crippen LogP contribution >= 0.6 is 0 Å². The molecular weight excluding hydrogens is 426 g/mol. The summed E-state index contributed by atoms with van der Waals surface area (Å²) in [5.74, 6) is 0.678. The van der Waals surface area contributed by atoms with Crippen LogP contribution in [0.25, 0.3) is 10.9 Å². The molecule has 0 aliphatic carbocycles. The van der Waals surface area contributed by atoms with Crippen LogP contribution in [-0.4, -0.2) is 40.6 Å². The highest BCUT2D eigenvalue weighted by Crippen LogP contribution is 2.22. The Morgan fingerprint density at radius 1 is 1.03 bits per heavy atom. The minimum absolute atomic E-state index is 0.0784. The number of fused-ring (bicyclic) bond motifs is 1. The first-order chi connectivity index (χ1) is 16.6. The number of hydrogen-bond acceptors (Lipinski definition) is 4. The van der Waals surface area contributed by atoms with Gasteiger partial charge >= 0.3 is 0 Å². The smallest absolute Gasteiger partial charge is 0.261 e. The van der Waals surface area contributed by atoms with Crippen molar-refractivity contribution in [2.75, 3.05) is 20.3 Å². The molecule has 0 aliphatic rings. The molecule has 0 radical (unpaired) electrons. The molecule has 0 saturated carbocycles. The fourth-order valence-electron chi connectivity index (χ4n) is 4.31. The molecule has 0 saturated heterocycles. The van der Waals surface area contributed by atoms with Gasteiger partial charge in [-0.15, -0.1) is 0 Å². The summed E-state index contributed by atoms with van der Waals surface area (Å²) >= 11 is 0. The first kappa shape index (κ1) is 25.6. The summed E-state index contributed by atoms with van der Waals surface area (Å²) in [4.78, 5) is 33.5. The van der Waals surface area contributed by atoms with Crippen LogP contribution in [0.2, 0.25) is 0 Å². The quantitative estimate of drug-likeness (QED) is 0.321. The molecule has 0 fully saturated rings. The van der Waals surface area contributed by atoms with Crippen LogP contribution in [0.1, 0.15) is 69.8 Å². The van der Waals surface area contributed by atoms with Crippen molar-refractivity contribution in [1.82, 2.24) is 14.5 Å². The predicted molar refractivity (Wildman–Crippen MR) is 137 cm³/mol. The van der Waals surface area contributed by atoms with E-state index in [0.29, 0.717) is 42.8 Å². The number of ether oxygens (including phenoxy) is 1. The van der Waals surface area contributed by atoms with Gasteiger partial charge < -0.3 is 9.64 Å². The zero-order chi connectivity index (χ0) is 24.3. The zero-order valence-electron chi connectivity index (χ0n) is 20.7. The van der Waals surface area contributed by atoms with Gasteiger partial charge in [-0.1, -0.05) is 75.1 Å². The predicted octanol–water partition coefficient (Wildman–Crippen LogP) is 5.34. The molecule has 6 nitrogen and oxygen atoms in total. The van der Waals surface area contributed by atoms with Crippen molar-refractivity contribution < 1.29 is 9.53 Å². The third-order valence-corrected chi connectivity index (χ3v) is 6.27. The second kappa shape index (κ2) is 13.0. The fourth-order valence-corrected chi connectivity index (χ4v) is 4.31. The summed E-state index contributed by atoms with van der Waals surface area (Å²) in [7, 11) is 1.64. The first-order valence-corrected chi connectivity index (χ1v) is 12.4. The highest BCUT2D eigenvalue weighted by atomic mass is 16.5. The van der Waals surface area contributed by atoms with Crippen LogP contribution in [0.5, 0.6) is 0 Å². The number of methoxy groups -OCH3 is 1. The van der Waals surface area contributed by atoms with Gasteiger partial charge in [-0.2, -0.15) is 0 Å². The Hall–Kier alpha value is -2.99. The van der Waals surface area contributed by atoms with E-state index in [-0.39, 0.29) is 17.5 Å². The second-order valence-electron chi connectivity index (χ2n) is 8.78. The Morgan fingerprint density at radius 2 is 1.74 bits per heavy atom. The van der Waals surface area contributed by atoms with Gasteiger partial charge in [-0.3, -0.25) is 14.2 Å². The molecule has 1 aromatic heterocycles. The Morgan fingerprint density at radius 3 is 2.47 bits per heavy atom. The number of hydrogen-bond donors (Lipinski definition) is 0. The van der Waals surface area contributed by atoms with Crippen LogP contribution < -0.4 is 5.56 Å². The van der Waals surface area contributed by atoms with E-state index in [0.717, 1.165) is 24.8 Å². The maximum atomic E-state index is 13.5.